The Morgan fingerprint density at radius 2 is 1.38 bits per heavy atom. The Morgan fingerprint density at radius 3 is 1.86 bits per heavy atom. The zero-order chi connectivity index (χ0) is 15.7. The normalized spacial score (nSPS) is 11.1. The molecule has 1 rings (SSSR count). The summed E-state index contributed by atoms with van der Waals surface area (Å²) < 4.78 is 0. The van der Waals surface area contributed by atoms with E-state index in [9.17, 15) is 0 Å². The van der Waals surface area contributed by atoms with Crippen LogP contribution in [0, 0.1) is 13.8 Å². The van der Waals surface area contributed by atoms with Crippen molar-refractivity contribution in [2.45, 2.75) is 66.2 Å². The molecule has 1 aromatic carbocycles. The first-order valence-corrected chi connectivity index (χ1v) is 8.66. The van der Waals surface area contributed by atoms with E-state index >= 15 is 0 Å². The standard InChI is InChI=1S/C19H34N2/c1-6-8-10-14-21(15-11-9-7-2)20(5)19-13-12-17(3)18(4)16-19/h12-13,16H,6-11,14-15H2,1-5H3. The number of unbranched alkanes of at least 4 members (excludes halogenated alkanes) is 4. The van der Waals surface area contributed by atoms with Crippen molar-refractivity contribution in [1.29, 1.82) is 0 Å². The predicted octanol–water partition coefficient (Wildman–Crippen LogP) is 5.34. The van der Waals surface area contributed by atoms with Gasteiger partial charge in [-0.05, 0) is 49.9 Å². The third-order valence-corrected chi connectivity index (χ3v) is 4.33. The molecule has 0 amide bonds. The second-order valence-electron chi connectivity index (χ2n) is 6.16. The summed E-state index contributed by atoms with van der Waals surface area (Å²) >= 11 is 0. The lowest BCUT2D eigenvalue weighted by molar-refractivity contribution is 0.252. The van der Waals surface area contributed by atoms with E-state index in [2.05, 4.69) is 63.0 Å². The molecule has 0 atom stereocenters. The molecule has 0 N–H and O–H groups in total. The highest BCUT2D eigenvalue weighted by Crippen LogP contribution is 2.20. The molecule has 0 spiro atoms. The highest BCUT2D eigenvalue weighted by Gasteiger charge is 2.12. The van der Waals surface area contributed by atoms with Crippen LogP contribution in [0.1, 0.15) is 63.5 Å². The van der Waals surface area contributed by atoms with Crippen LogP contribution in [0.15, 0.2) is 18.2 Å². The van der Waals surface area contributed by atoms with E-state index in [1.165, 1.54) is 68.4 Å². The highest BCUT2D eigenvalue weighted by atomic mass is 15.6. The summed E-state index contributed by atoms with van der Waals surface area (Å²) in [6, 6.07) is 6.79. The fraction of sp³-hybridized carbons (Fsp3) is 0.684. The minimum Gasteiger partial charge on any atom is -0.309 e. The molecule has 0 aliphatic rings. The molecule has 0 bridgehead atoms. The van der Waals surface area contributed by atoms with Gasteiger partial charge in [-0.3, -0.25) is 0 Å². The molecular formula is C19H34N2. The number of benzene rings is 1. The SMILES string of the molecule is CCCCCN(CCCCC)N(C)c1ccc(C)c(C)c1. The van der Waals surface area contributed by atoms with Crippen LogP contribution >= 0.6 is 0 Å². The topological polar surface area (TPSA) is 6.48 Å². The Labute approximate surface area is 132 Å². The third-order valence-electron chi connectivity index (χ3n) is 4.33. The monoisotopic (exact) mass is 290 g/mol. The van der Waals surface area contributed by atoms with Crippen LogP contribution in [0.2, 0.25) is 0 Å². The molecule has 0 aliphatic carbocycles. The number of hydrazine groups is 1. The first-order valence-electron chi connectivity index (χ1n) is 8.66. The zero-order valence-electron chi connectivity index (χ0n) is 14.8. The minimum atomic E-state index is 1.17. The van der Waals surface area contributed by atoms with Crippen LogP contribution < -0.4 is 5.01 Å². The number of hydrogen-bond acceptors (Lipinski definition) is 2. The van der Waals surface area contributed by atoms with Gasteiger partial charge in [0.1, 0.15) is 0 Å². The molecule has 0 saturated heterocycles. The summed E-state index contributed by atoms with van der Waals surface area (Å²) in [6.07, 6.45) is 7.80. The van der Waals surface area contributed by atoms with E-state index in [-0.39, 0.29) is 0 Å². The average Bonchev–Trinajstić information content (AvgIpc) is 2.48. The van der Waals surface area contributed by atoms with Gasteiger partial charge in [0.05, 0.1) is 5.69 Å². The molecule has 0 saturated carbocycles. The van der Waals surface area contributed by atoms with Crippen LogP contribution in [-0.2, 0) is 0 Å². The van der Waals surface area contributed by atoms with E-state index in [4.69, 9.17) is 0 Å². The predicted molar refractivity (Wildman–Crippen MR) is 94.9 cm³/mol. The van der Waals surface area contributed by atoms with Gasteiger partial charge < -0.3 is 5.01 Å². The van der Waals surface area contributed by atoms with Crippen molar-refractivity contribution in [3.8, 4) is 0 Å². The quantitative estimate of drug-likeness (QED) is 0.424. The summed E-state index contributed by atoms with van der Waals surface area (Å²) in [6.45, 7) is 11.3. The molecule has 0 radical (unpaired) electrons. The second kappa shape index (κ2) is 9.83. The number of anilines is 1. The van der Waals surface area contributed by atoms with Crippen LogP contribution in [0.4, 0.5) is 5.69 Å². The molecule has 2 heteroatoms. The Bertz CT molecular complexity index is 391. The van der Waals surface area contributed by atoms with Crippen LogP contribution in [-0.4, -0.2) is 25.1 Å². The van der Waals surface area contributed by atoms with Crippen molar-refractivity contribution in [1.82, 2.24) is 5.01 Å². The van der Waals surface area contributed by atoms with Crippen LogP contribution in [0.5, 0.6) is 0 Å². The fourth-order valence-electron chi connectivity index (χ4n) is 2.59. The fourth-order valence-corrected chi connectivity index (χ4v) is 2.59. The van der Waals surface area contributed by atoms with Gasteiger partial charge in [-0.15, -0.1) is 0 Å². The van der Waals surface area contributed by atoms with Crippen molar-refractivity contribution < 1.29 is 0 Å². The smallest absolute Gasteiger partial charge is 0.0521 e. The lowest BCUT2D eigenvalue weighted by atomic mass is 10.1. The minimum absolute atomic E-state index is 1.17. The summed E-state index contributed by atoms with van der Waals surface area (Å²) in [5.74, 6) is 0. The molecular weight excluding hydrogens is 256 g/mol. The molecule has 0 aliphatic heterocycles. The van der Waals surface area contributed by atoms with E-state index < -0.39 is 0 Å². The summed E-state index contributed by atoms with van der Waals surface area (Å²) in [5.41, 5.74) is 4.06. The van der Waals surface area contributed by atoms with Crippen molar-refractivity contribution in [3.05, 3.63) is 29.3 Å². The maximum absolute atomic E-state index is 2.52. The molecule has 0 heterocycles. The van der Waals surface area contributed by atoms with Crippen molar-refractivity contribution in [2.24, 2.45) is 0 Å². The Kier molecular flexibility index (Phi) is 8.44. The van der Waals surface area contributed by atoms with Gasteiger partial charge in [-0.25, -0.2) is 5.01 Å². The van der Waals surface area contributed by atoms with Gasteiger partial charge in [-0.1, -0.05) is 45.6 Å². The number of aryl methyl sites for hydroxylation is 2. The van der Waals surface area contributed by atoms with Gasteiger partial charge in [0, 0.05) is 20.1 Å². The van der Waals surface area contributed by atoms with E-state index in [1.54, 1.807) is 0 Å². The number of nitrogens with zero attached hydrogens (tertiary/aromatic N) is 2. The number of rotatable bonds is 10. The summed E-state index contributed by atoms with van der Waals surface area (Å²) in [4.78, 5) is 0. The average molecular weight is 290 g/mol. The Morgan fingerprint density at radius 1 is 0.810 bits per heavy atom. The summed E-state index contributed by atoms with van der Waals surface area (Å²) in [5, 5.41) is 4.88. The molecule has 1 aromatic rings. The second-order valence-corrected chi connectivity index (χ2v) is 6.16. The molecule has 0 unspecified atom stereocenters. The van der Waals surface area contributed by atoms with Gasteiger partial charge in [0.25, 0.3) is 0 Å². The lowest BCUT2D eigenvalue weighted by Gasteiger charge is -2.34. The highest BCUT2D eigenvalue weighted by molar-refractivity contribution is 5.49. The van der Waals surface area contributed by atoms with Gasteiger partial charge in [0.2, 0.25) is 0 Å². The first-order chi connectivity index (χ1) is 10.1. The number of hydrogen-bond donors (Lipinski definition) is 0. The molecule has 0 fully saturated rings. The Hall–Kier alpha value is -1.02. The van der Waals surface area contributed by atoms with Crippen molar-refractivity contribution >= 4 is 5.69 Å². The molecule has 21 heavy (non-hydrogen) atoms. The van der Waals surface area contributed by atoms with Crippen molar-refractivity contribution in [2.75, 3.05) is 25.1 Å². The largest absolute Gasteiger partial charge is 0.309 e. The van der Waals surface area contributed by atoms with Gasteiger partial charge >= 0.3 is 0 Å². The molecule has 120 valence electrons. The van der Waals surface area contributed by atoms with E-state index in [1.807, 2.05) is 0 Å². The third kappa shape index (κ3) is 6.09. The van der Waals surface area contributed by atoms with Crippen molar-refractivity contribution in [3.63, 3.8) is 0 Å². The molecule has 0 aromatic heterocycles. The first kappa shape index (κ1) is 18.0. The van der Waals surface area contributed by atoms with Gasteiger partial charge in [0.15, 0.2) is 0 Å². The van der Waals surface area contributed by atoms with Gasteiger partial charge in [-0.2, -0.15) is 0 Å². The van der Waals surface area contributed by atoms with E-state index in [0.717, 1.165) is 0 Å². The van der Waals surface area contributed by atoms with Crippen LogP contribution in [0.25, 0.3) is 0 Å². The Balaban J connectivity index is 2.71. The lowest BCUT2D eigenvalue weighted by Crippen LogP contribution is -2.41. The maximum Gasteiger partial charge on any atom is 0.0521 e. The molecule has 2 nitrogen and oxygen atoms in total. The maximum atomic E-state index is 2.52. The summed E-state index contributed by atoms with van der Waals surface area (Å²) in [7, 11) is 2.21. The van der Waals surface area contributed by atoms with Crippen LogP contribution in [0.3, 0.4) is 0 Å². The van der Waals surface area contributed by atoms with E-state index in [0.29, 0.717) is 0 Å². The zero-order valence-corrected chi connectivity index (χ0v) is 14.8.